The van der Waals surface area contributed by atoms with Crippen molar-refractivity contribution >= 4 is 12.3 Å². The van der Waals surface area contributed by atoms with Crippen LogP contribution >= 0.6 is 0 Å². The van der Waals surface area contributed by atoms with Gasteiger partial charge in [-0.15, -0.1) is 0 Å². The molecular weight excluding hydrogens is 182 g/mol. The molecule has 1 unspecified atom stereocenters. The van der Waals surface area contributed by atoms with Crippen LogP contribution < -0.4 is 11.1 Å². The molecule has 0 spiro atoms. The van der Waals surface area contributed by atoms with E-state index in [1.807, 2.05) is 6.92 Å². The van der Waals surface area contributed by atoms with Gasteiger partial charge in [-0.2, -0.15) is 0 Å². The van der Waals surface area contributed by atoms with Crippen molar-refractivity contribution in [2.24, 2.45) is 5.73 Å². The lowest BCUT2D eigenvalue weighted by Gasteiger charge is -2.32. The van der Waals surface area contributed by atoms with Gasteiger partial charge in [-0.25, -0.2) is 4.79 Å². The molecule has 0 aliphatic carbocycles. The number of urea groups is 1. The smallest absolute Gasteiger partial charge is 0.314 e. The predicted molar refractivity (Wildman–Crippen MR) is 52.8 cm³/mol. The Balaban J connectivity index is 2.28. The van der Waals surface area contributed by atoms with Crippen molar-refractivity contribution in [2.45, 2.75) is 31.8 Å². The van der Waals surface area contributed by atoms with Crippen molar-refractivity contribution in [3.8, 4) is 0 Å². The third-order valence-corrected chi connectivity index (χ3v) is 2.51. The minimum Gasteiger partial charge on any atom is -0.351 e. The summed E-state index contributed by atoms with van der Waals surface area (Å²) in [6.07, 6.45) is 2.61. The van der Waals surface area contributed by atoms with Gasteiger partial charge in [-0.1, -0.05) is 0 Å². The Morgan fingerprint density at radius 2 is 2.14 bits per heavy atom. The molecule has 80 valence electrons. The summed E-state index contributed by atoms with van der Waals surface area (Å²) >= 11 is 0. The predicted octanol–water partition coefficient (Wildman–Crippen LogP) is -0.293. The van der Waals surface area contributed by atoms with Crippen LogP contribution in [-0.4, -0.2) is 42.4 Å². The molecule has 1 heterocycles. The van der Waals surface area contributed by atoms with E-state index in [0.717, 1.165) is 19.1 Å². The van der Waals surface area contributed by atoms with E-state index in [1.165, 1.54) is 0 Å². The number of primary amides is 1. The largest absolute Gasteiger partial charge is 0.351 e. The first-order valence-corrected chi connectivity index (χ1v) is 4.89. The van der Waals surface area contributed by atoms with Crippen molar-refractivity contribution < 1.29 is 9.59 Å². The molecule has 0 saturated carbocycles. The topological polar surface area (TPSA) is 75.4 Å². The molecular formula is C9H17N3O2. The zero-order valence-corrected chi connectivity index (χ0v) is 8.40. The normalized spacial score (nSPS) is 20.5. The molecule has 0 aromatic heterocycles. The molecule has 1 atom stereocenters. The van der Waals surface area contributed by atoms with Gasteiger partial charge in [0.05, 0.1) is 6.04 Å². The third-order valence-electron chi connectivity index (χ3n) is 2.51. The Morgan fingerprint density at radius 1 is 1.57 bits per heavy atom. The van der Waals surface area contributed by atoms with E-state index in [2.05, 4.69) is 5.32 Å². The van der Waals surface area contributed by atoms with E-state index in [9.17, 15) is 9.59 Å². The summed E-state index contributed by atoms with van der Waals surface area (Å²) in [6.45, 7) is 3.19. The summed E-state index contributed by atoms with van der Waals surface area (Å²) in [5.41, 5.74) is 5.15. The first kappa shape index (κ1) is 11.0. The van der Waals surface area contributed by atoms with Crippen LogP contribution in [0.1, 0.15) is 19.8 Å². The summed E-state index contributed by atoms with van der Waals surface area (Å²) in [5.74, 6) is 0. The molecule has 14 heavy (non-hydrogen) atoms. The molecule has 0 bridgehead atoms. The summed E-state index contributed by atoms with van der Waals surface area (Å²) in [4.78, 5) is 22.8. The van der Waals surface area contributed by atoms with Gasteiger partial charge in [0.15, 0.2) is 0 Å². The Bertz CT molecular complexity index is 212. The lowest BCUT2D eigenvalue weighted by atomic mass is 10.0. The lowest BCUT2D eigenvalue weighted by Crippen LogP contribution is -2.48. The van der Waals surface area contributed by atoms with Gasteiger partial charge < -0.3 is 20.7 Å². The summed E-state index contributed by atoms with van der Waals surface area (Å²) in [5, 5.41) is 3.18. The maximum atomic E-state index is 10.8. The van der Waals surface area contributed by atoms with E-state index < -0.39 is 0 Å². The Hall–Kier alpha value is -1.10. The van der Waals surface area contributed by atoms with E-state index in [4.69, 9.17) is 5.73 Å². The number of amides is 2. The first-order chi connectivity index (χ1) is 6.63. The number of piperidine rings is 1. The van der Waals surface area contributed by atoms with Crippen LogP contribution in [0.25, 0.3) is 0 Å². The zero-order chi connectivity index (χ0) is 10.6. The van der Waals surface area contributed by atoms with Crippen LogP contribution in [0.3, 0.4) is 0 Å². The van der Waals surface area contributed by atoms with Gasteiger partial charge in [-0.05, 0) is 19.8 Å². The molecule has 0 aromatic rings. The summed E-state index contributed by atoms with van der Waals surface area (Å²) in [6, 6.07) is -0.141. The number of nitrogens with one attached hydrogen (secondary N) is 1. The van der Waals surface area contributed by atoms with E-state index in [-0.39, 0.29) is 12.1 Å². The number of carbonyl (C=O) groups excluding carboxylic acids is 2. The average molecular weight is 199 g/mol. The van der Waals surface area contributed by atoms with Gasteiger partial charge in [0.1, 0.15) is 6.29 Å². The van der Waals surface area contributed by atoms with Crippen molar-refractivity contribution in [1.82, 2.24) is 10.2 Å². The third kappa shape index (κ3) is 2.99. The second kappa shape index (κ2) is 4.95. The van der Waals surface area contributed by atoms with Gasteiger partial charge in [0, 0.05) is 19.1 Å². The van der Waals surface area contributed by atoms with E-state index in [0.29, 0.717) is 19.1 Å². The van der Waals surface area contributed by atoms with Crippen LogP contribution in [0.5, 0.6) is 0 Å². The highest BCUT2D eigenvalue weighted by Gasteiger charge is 2.21. The molecule has 0 radical (unpaired) electrons. The second-order valence-corrected chi connectivity index (χ2v) is 3.69. The first-order valence-electron chi connectivity index (χ1n) is 4.89. The van der Waals surface area contributed by atoms with Gasteiger partial charge in [0.2, 0.25) is 0 Å². The van der Waals surface area contributed by atoms with Crippen LogP contribution in [0, 0.1) is 0 Å². The monoisotopic (exact) mass is 199 g/mol. The number of aldehydes is 1. The molecule has 1 saturated heterocycles. The molecule has 1 rings (SSSR count). The maximum Gasteiger partial charge on any atom is 0.314 e. The van der Waals surface area contributed by atoms with Crippen LogP contribution in [-0.2, 0) is 4.79 Å². The average Bonchev–Trinajstić information content (AvgIpc) is 2.18. The summed E-state index contributed by atoms with van der Waals surface area (Å²) < 4.78 is 0. The Morgan fingerprint density at radius 3 is 2.57 bits per heavy atom. The van der Waals surface area contributed by atoms with Crippen molar-refractivity contribution in [2.75, 3.05) is 13.1 Å². The fourth-order valence-corrected chi connectivity index (χ4v) is 1.68. The van der Waals surface area contributed by atoms with Gasteiger partial charge >= 0.3 is 6.03 Å². The minimum absolute atomic E-state index is 0.111. The summed E-state index contributed by atoms with van der Waals surface area (Å²) in [7, 11) is 0. The number of nitrogens with two attached hydrogens (primary N) is 1. The SMILES string of the molecule is CC(C=O)NC1CCN(C(N)=O)CC1. The van der Waals surface area contributed by atoms with Crippen LogP contribution in [0.4, 0.5) is 4.79 Å². The van der Waals surface area contributed by atoms with Gasteiger partial charge in [-0.3, -0.25) is 0 Å². The van der Waals surface area contributed by atoms with Crippen LogP contribution in [0.15, 0.2) is 0 Å². The highest BCUT2D eigenvalue weighted by molar-refractivity contribution is 5.72. The number of hydrogen-bond donors (Lipinski definition) is 2. The number of rotatable bonds is 3. The number of carbonyl (C=O) groups is 2. The van der Waals surface area contributed by atoms with Gasteiger partial charge in [0.25, 0.3) is 0 Å². The highest BCUT2D eigenvalue weighted by Crippen LogP contribution is 2.10. The Labute approximate surface area is 83.6 Å². The quantitative estimate of drug-likeness (QED) is 0.613. The maximum absolute atomic E-state index is 10.8. The molecule has 1 aliphatic heterocycles. The molecule has 1 aliphatic rings. The van der Waals surface area contributed by atoms with Crippen molar-refractivity contribution in [3.63, 3.8) is 0 Å². The van der Waals surface area contributed by atoms with Crippen molar-refractivity contribution in [3.05, 3.63) is 0 Å². The standard InChI is InChI=1S/C9H17N3O2/c1-7(6-13)11-8-2-4-12(5-3-8)9(10)14/h6-8,11H,2-5H2,1H3,(H2,10,14). The molecule has 1 fully saturated rings. The fourth-order valence-electron chi connectivity index (χ4n) is 1.68. The zero-order valence-electron chi connectivity index (χ0n) is 8.40. The molecule has 5 nitrogen and oxygen atoms in total. The number of likely N-dealkylation sites (tertiary alicyclic amines) is 1. The molecule has 2 amide bonds. The minimum atomic E-state index is -0.355. The molecule has 5 heteroatoms. The molecule has 0 aromatic carbocycles. The fraction of sp³-hybridized carbons (Fsp3) is 0.778. The number of nitrogens with zero attached hydrogens (tertiary/aromatic N) is 1. The van der Waals surface area contributed by atoms with E-state index >= 15 is 0 Å². The van der Waals surface area contributed by atoms with Crippen molar-refractivity contribution in [1.29, 1.82) is 0 Å². The number of hydrogen-bond acceptors (Lipinski definition) is 3. The Kier molecular flexibility index (Phi) is 3.88. The molecule has 3 N–H and O–H groups in total. The lowest BCUT2D eigenvalue weighted by molar-refractivity contribution is -0.109. The van der Waals surface area contributed by atoms with Crippen LogP contribution in [0.2, 0.25) is 0 Å². The second-order valence-electron chi connectivity index (χ2n) is 3.69. The van der Waals surface area contributed by atoms with E-state index in [1.54, 1.807) is 4.90 Å². The highest BCUT2D eigenvalue weighted by atomic mass is 16.2.